The quantitative estimate of drug-likeness (QED) is 0.448. The van der Waals surface area contributed by atoms with Gasteiger partial charge in [0.25, 0.3) is 5.56 Å². The fourth-order valence-corrected chi connectivity index (χ4v) is 3.75. The number of tetrazole rings is 1. The van der Waals surface area contributed by atoms with Crippen molar-refractivity contribution < 1.29 is 9.47 Å². The minimum atomic E-state index is -0.479. The van der Waals surface area contributed by atoms with Crippen molar-refractivity contribution in [3.8, 4) is 22.8 Å². The molecule has 0 radical (unpaired) electrons. The lowest BCUT2D eigenvalue weighted by molar-refractivity contribution is 0.340. The molecule has 2 aromatic carbocycles. The van der Waals surface area contributed by atoms with Crippen LogP contribution in [-0.2, 0) is 0 Å². The summed E-state index contributed by atoms with van der Waals surface area (Å²) in [4.78, 5) is 12.7. The highest BCUT2D eigenvalue weighted by Crippen LogP contribution is 2.41. The Morgan fingerprint density at radius 3 is 2.74 bits per heavy atom. The first-order valence-corrected chi connectivity index (χ1v) is 9.74. The fourth-order valence-electron chi connectivity index (χ4n) is 3.75. The van der Waals surface area contributed by atoms with Gasteiger partial charge in [0.2, 0.25) is 5.95 Å². The van der Waals surface area contributed by atoms with Crippen LogP contribution in [0.2, 0.25) is 0 Å². The Labute approximate surface area is 176 Å². The standard InChI is InChI=1S/C21H19N7O3/c1-3-31-14-9-7-12(8-10-14)17-16-18(20(29)24-23-17)22-21-25-26-27-28(21)19(16)13-5-4-6-15(11-13)30-2/h4-11,19H,3H2,1-2H3,(H,24,29)(H,22,25,27)/t19-/m1/s1. The second-order valence-electron chi connectivity index (χ2n) is 6.90. The fraction of sp³-hybridized carbons (Fsp3) is 0.190. The van der Waals surface area contributed by atoms with Gasteiger partial charge >= 0.3 is 0 Å². The van der Waals surface area contributed by atoms with Crippen molar-refractivity contribution in [2.24, 2.45) is 0 Å². The molecule has 0 unspecified atom stereocenters. The maximum atomic E-state index is 12.7. The molecule has 2 N–H and O–H groups in total. The molecule has 10 heteroatoms. The van der Waals surface area contributed by atoms with E-state index < -0.39 is 6.04 Å². The minimum absolute atomic E-state index is 0.355. The SMILES string of the molecule is CCOc1ccc(-c2n[nH]c(=O)c3c2[C@@H](c2cccc(OC)c2)n2nnnc2N3)cc1. The molecule has 0 spiro atoms. The zero-order chi connectivity index (χ0) is 21.4. The highest BCUT2D eigenvalue weighted by molar-refractivity contribution is 5.75. The highest BCUT2D eigenvalue weighted by atomic mass is 16.5. The molecule has 0 bridgehead atoms. The molecule has 0 amide bonds. The number of hydrogen-bond donors (Lipinski definition) is 2. The van der Waals surface area contributed by atoms with Gasteiger partial charge in [0.1, 0.15) is 23.2 Å². The number of nitrogens with one attached hydrogen (secondary N) is 2. The van der Waals surface area contributed by atoms with Crippen LogP contribution in [0.4, 0.5) is 11.6 Å². The van der Waals surface area contributed by atoms with Gasteiger partial charge in [0.15, 0.2) is 0 Å². The molecule has 0 fully saturated rings. The van der Waals surface area contributed by atoms with Crippen LogP contribution in [0.3, 0.4) is 0 Å². The van der Waals surface area contributed by atoms with Crippen molar-refractivity contribution in [1.82, 2.24) is 30.4 Å². The normalized spacial score (nSPS) is 14.3. The van der Waals surface area contributed by atoms with Gasteiger partial charge in [-0.25, -0.2) is 5.10 Å². The Bertz CT molecular complexity index is 1300. The number of rotatable bonds is 5. The molecular formula is C21H19N7O3. The van der Waals surface area contributed by atoms with E-state index in [1.165, 1.54) is 0 Å². The van der Waals surface area contributed by atoms with Gasteiger partial charge in [-0.1, -0.05) is 17.2 Å². The van der Waals surface area contributed by atoms with Crippen molar-refractivity contribution in [3.63, 3.8) is 0 Å². The number of ether oxygens (including phenoxy) is 2. The van der Waals surface area contributed by atoms with Crippen LogP contribution in [0.15, 0.2) is 53.3 Å². The number of anilines is 2. The number of methoxy groups -OCH3 is 1. The first-order chi connectivity index (χ1) is 15.2. The van der Waals surface area contributed by atoms with Gasteiger partial charge in [-0.2, -0.15) is 9.78 Å². The third-order valence-electron chi connectivity index (χ3n) is 5.12. The Balaban J connectivity index is 1.74. The summed E-state index contributed by atoms with van der Waals surface area (Å²) in [6.45, 7) is 2.51. The molecule has 1 atom stereocenters. The Morgan fingerprint density at radius 2 is 1.97 bits per heavy atom. The molecule has 0 saturated carbocycles. The summed E-state index contributed by atoms with van der Waals surface area (Å²) in [5, 5.41) is 22.0. The number of fused-ring (bicyclic) bond motifs is 2. The van der Waals surface area contributed by atoms with Gasteiger partial charge in [-0.3, -0.25) is 4.79 Å². The molecule has 5 rings (SSSR count). The van der Waals surface area contributed by atoms with Gasteiger partial charge in [0.05, 0.1) is 19.4 Å². The van der Waals surface area contributed by atoms with E-state index in [0.29, 0.717) is 35.2 Å². The lowest BCUT2D eigenvalue weighted by Gasteiger charge is -2.28. The van der Waals surface area contributed by atoms with Crippen LogP contribution in [0.25, 0.3) is 11.3 Å². The van der Waals surface area contributed by atoms with E-state index in [1.807, 2.05) is 55.5 Å². The number of benzene rings is 2. The second-order valence-corrected chi connectivity index (χ2v) is 6.90. The minimum Gasteiger partial charge on any atom is -0.497 e. The zero-order valence-corrected chi connectivity index (χ0v) is 16.9. The number of hydrogen-bond acceptors (Lipinski definition) is 8. The Morgan fingerprint density at radius 1 is 1.13 bits per heavy atom. The van der Waals surface area contributed by atoms with Crippen LogP contribution in [-0.4, -0.2) is 44.1 Å². The van der Waals surface area contributed by atoms with Gasteiger partial charge in [-0.15, -0.1) is 0 Å². The molecule has 1 aliphatic heterocycles. The molecule has 31 heavy (non-hydrogen) atoms. The summed E-state index contributed by atoms with van der Waals surface area (Å²) in [7, 11) is 1.61. The summed E-state index contributed by atoms with van der Waals surface area (Å²) in [5.41, 5.74) is 2.96. The summed E-state index contributed by atoms with van der Waals surface area (Å²) in [6, 6.07) is 14.7. The van der Waals surface area contributed by atoms with E-state index in [4.69, 9.17) is 9.47 Å². The molecule has 10 nitrogen and oxygen atoms in total. The summed E-state index contributed by atoms with van der Waals surface area (Å²) in [6.07, 6.45) is 0. The average molecular weight is 417 g/mol. The molecule has 3 heterocycles. The molecule has 4 aromatic rings. The van der Waals surface area contributed by atoms with Crippen LogP contribution in [0.5, 0.6) is 11.5 Å². The monoisotopic (exact) mass is 417 g/mol. The Kier molecular flexibility index (Phi) is 4.58. The Hall–Kier alpha value is -4.21. The predicted molar refractivity (Wildman–Crippen MR) is 113 cm³/mol. The molecule has 2 aromatic heterocycles. The van der Waals surface area contributed by atoms with Gasteiger partial charge < -0.3 is 14.8 Å². The molecule has 156 valence electrons. The van der Waals surface area contributed by atoms with Crippen LogP contribution in [0.1, 0.15) is 24.1 Å². The van der Waals surface area contributed by atoms with Crippen LogP contribution < -0.4 is 20.3 Å². The highest BCUT2D eigenvalue weighted by Gasteiger charge is 2.34. The summed E-state index contributed by atoms with van der Waals surface area (Å²) in [5.74, 6) is 1.82. The van der Waals surface area contributed by atoms with Crippen molar-refractivity contribution in [3.05, 3.63) is 70.0 Å². The number of nitrogens with zero attached hydrogens (tertiary/aromatic N) is 5. The number of H-pyrrole nitrogens is 1. The van der Waals surface area contributed by atoms with Crippen molar-refractivity contribution in [2.45, 2.75) is 13.0 Å². The largest absolute Gasteiger partial charge is 0.497 e. The van der Waals surface area contributed by atoms with Crippen LogP contribution >= 0.6 is 0 Å². The first-order valence-electron chi connectivity index (χ1n) is 9.74. The van der Waals surface area contributed by atoms with E-state index in [1.54, 1.807) is 11.8 Å². The summed E-state index contributed by atoms with van der Waals surface area (Å²) >= 11 is 0. The lowest BCUT2D eigenvalue weighted by Crippen LogP contribution is -2.29. The smallest absolute Gasteiger partial charge is 0.288 e. The third-order valence-corrected chi connectivity index (χ3v) is 5.12. The van der Waals surface area contributed by atoms with E-state index >= 15 is 0 Å². The first kappa shape index (κ1) is 18.8. The van der Waals surface area contributed by atoms with Crippen LogP contribution in [0, 0.1) is 0 Å². The predicted octanol–water partition coefficient (Wildman–Crippen LogP) is 2.53. The second kappa shape index (κ2) is 7.56. The van der Waals surface area contributed by atoms with Gasteiger partial charge in [-0.05, 0) is 59.3 Å². The molecule has 0 aliphatic carbocycles. The van der Waals surface area contributed by atoms with E-state index in [9.17, 15) is 4.79 Å². The maximum Gasteiger partial charge on any atom is 0.288 e. The average Bonchev–Trinajstić information content (AvgIpc) is 3.27. The topological polar surface area (TPSA) is 120 Å². The maximum absolute atomic E-state index is 12.7. The van der Waals surface area contributed by atoms with E-state index in [2.05, 4.69) is 31.0 Å². The van der Waals surface area contributed by atoms with E-state index in [0.717, 1.165) is 16.9 Å². The lowest BCUT2D eigenvalue weighted by atomic mass is 9.92. The van der Waals surface area contributed by atoms with Crippen molar-refractivity contribution in [2.75, 3.05) is 19.0 Å². The van der Waals surface area contributed by atoms with Crippen molar-refractivity contribution >= 4 is 11.6 Å². The molecular weight excluding hydrogens is 398 g/mol. The number of aromatic nitrogens is 6. The molecule has 1 aliphatic rings. The summed E-state index contributed by atoms with van der Waals surface area (Å²) < 4.78 is 12.6. The van der Waals surface area contributed by atoms with Gasteiger partial charge in [0, 0.05) is 11.1 Å². The van der Waals surface area contributed by atoms with Crippen molar-refractivity contribution in [1.29, 1.82) is 0 Å². The van der Waals surface area contributed by atoms with E-state index in [-0.39, 0.29) is 5.56 Å². The third kappa shape index (κ3) is 3.18. The zero-order valence-electron chi connectivity index (χ0n) is 16.9. The molecule has 0 saturated heterocycles. The number of aromatic amines is 1.